The summed E-state index contributed by atoms with van der Waals surface area (Å²) in [5.74, 6) is -2.30. The molecule has 2 unspecified atom stereocenters. The maximum atomic E-state index is 10.9. The number of hydrogen-bond acceptors (Lipinski definition) is 5. The Kier molecular flexibility index (Phi) is 5.00. The average Bonchev–Trinajstić information content (AvgIpc) is 2.30. The van der Waals surface area contributed by atoms with Crippen LogP contribution in [0, 0.1) is 11.8 Å². The van der Waals surface area contributed by atoms with Gasteiger partial charge in [0.15, 0.2) is 0 Å². The molecule has 1 aromatic rings. The smallest absolute Gasteiger partial charge is 0.307 e. The lowest BCUT2D eigenvalue weighted by molar-refractivity contribution is -0.141. The molecule has 6 N–H and O–H groups in total. The Bertz CT molecular complexity index is 437. The topological polar surface area (TPSA) is 124 Å². The van der Waals surface area contributed by atoms with E-state index in [4.69, 9.17) is 10.8 Å². The highest BCUT2D eigenvalue weighted by molar-refractivity contribution is 5.70. The third-order valence-electron chi connectivity index (χ3n) is 3.06. The molecule has 0 fully saturated rings. The van der Waals surface area contributed by atoms with Crippen molar-refractivity contribution in [1.29, 1.82) is 0 Å². The Morgan fingerprint density at radius 1 is 1.26 bits per heavy atom. The normalized spacial score (nSPS) is 14.0. The Morgan fingerprint density at radius 3 is 2.21 bits per heavy atom. The molecular weight excluding hydrogens is 250 g/mol. The molecule has 0 saturated heterocycles. The van der Waals surface area contributed by atoms with Crippen LogP contribution < -0.4 is 5.73 Å². The van der Waals surface area contributed by atoms with E-state index in [1.807, 2.05) is 6.92 Å². The number of carbonyl (C=O) groups is 1. The van der Waals surface area contributed by atoms with Gasteiger partial charge in [0, 0.05) is 24.2 Å². The van der Waals surface area contributed by atoms with Crippen LogP contribution in [-0.4, -0.2) is 32.9 Å². The lowest BCUT2D eigenvalue weighted by Crippen LogP contribution is -2.25. The zero-order valence-electron chi connectivity index (χ0n) is 10.7. The van der Waals surface area contributed by atoms with Gasteiger partial charge in [-0.3, -0.25) is 4.79 Å². The van der Waals surface area contributed by atoms with Crippen molar-refractivity contribution >= 4 is 5.97 Å². The first-order valence-corrected chi connectivity index (χ1v) is 6.01. The standard InChI is InChI=1S/C13H19NO5/c1-7(2-8(6-14)13(18)19)3-10-11(16)4-9(15)5-12(10)17/h4-5,7-8,15-17H,2-3,6,14H2,1H3,(H,18,19). The number of benzene rings is 1. The molecule has 0 heterocycles. The van der Waals surface area contributed by atoms with Crippen LogP contribution >= 0.6 is 0 Å². The van der Waals surface area contributed by atoms with Crippen molar-refractivity contribution < 1.29 is 25.2 Å². The van der Waals surface area contributed by atoms with Gasteiger partial charge in [0.2, 0.25) is 0 Å². The number of phenolic OH excluding ortho intramolecular Hbond substituents is 3. The van der Waals surface area contributed by atoms with Crippen molar-refractivity contribution in [2.24, 2.45) is 17.6 Å². The molecule has 2 atom stereocenters. The number of nitrogens with two attached hydrogens (primary N) is 1. The van der Waals surface area contributed by atoms with Crippen LogP contribution in [0.2, 0.25) is 0 Å². The maximum absolute atomic E-state index is 10.9. The number of aliphatic carboxylic acids is 1. The van der Waals surface area contributed by atoms with E-state index in [-0.39, 0.29) is 29.7 Å². The molecule has 0 bridgehead atoms. The molecule has 0 aliphatic heterocycles. The Balaban J connectivity index is 2.77. The summed E-state index contributed by atoms with van der Waals surface area (Å²) < 4.78 is 0. The second-order valence-electron chi connectivity index (χ2n) is 4.78. The van der Waals surface area contributed by atoms with Gasteiger partial charge < -0.3 is 26.2 Å². The first-order valence-electron chi connectivity index (χ1n) is 6.01. The Labute approximate surface area is 111 Å². The first-order chi connectivity index (χ1) is 8.85. The van der Waals surface area contributed by atoms with Gasteiger partial charge in [0.05, 0.1) is 5.92 Å². The third-order valence-corrected chi connectivity index (χ3v) is 3.06. The van der Waals surface area contributed by atoms with E-state index >= 15 is 0 Å². The summed E-state index contributed by atoms with van der Waals surface area (Å²) in [6.07, 6.45) is 0.660. The molecule has 19 heavy (non-hydrogen) atoms. The number of phenols is 3. The summed E-state index contributed by atoms with van der Waals surface area (Å²) >= 11 is 0. The fourth-order valence-corrected chi connectivity index (χ4v) is 2.05. The molecule has 0 spiro atoms. The van der Waals surface area contributed by atoms with Crippen LogP contribution in [-0.2, 0) is 11.2 Å². The number of carboxylic acid groups (broad SMARTS) is 1. The number of carboxylic acids is 1. The minimum absolute atomic E-state index is 0.0488. The molecule has 0 aliphatic carbocycles. The van der Waals surface area contributed by atoms with Gasteiger partial charge in [-0.05, 0) is 18.8 Å². The van der Waals surface area contributed by atoms with Crippen molar-refractivity contribution in [1.82, 2.24) is 0 Å². The molecule has 0 aliphatic rings. The van der Waals surface area contributed by atoms with Crippen molar-refractivity contribution in [3.05, 3.63) is 17.7 Å². The summed E-state index contributed by atoms with van der Waals surface area (Å²) in [5.41, 5.74) is 5.68. The SMILES string of the molecule is CC(Cc1c(O)cc(O)cc1O)CC(CN)C(=O)O. The number of aromatic hydroxyl groups is 3. The monoisotopic (exact) mass is 269 g/mol. The second-order valence-corrected chi connectivity index (χ2v) is 4.78. The summed E-state index contributed by atoms with van der Waals surface area (Å²) in [6.45, 7) is 1.87. The zero-order valence-corrected chi connectivity index (χ0v) is 10.7. The zero-order chi connectivity index (χ0) is 14.6. The van der Waals surface area contributed by atoms with Gasteiger partial charge in [-0.15, -0.1) is 0 Å². The summed E-state index contributed by atoms with van der Waals surface area (Å²) in [6, 6.07) is 2.28. The fraction of sp³-hybridized carbons (Fsp3) is 0.462. The van der Waals surface area contributed by atoms with E-state index in [0.29, 0.717) is 18.4 Å². The molecule has 0 radical (unpaired) electrons. The summed E-state index contributed by atoms with van der Waals surface area (Å²) in [7, 11) is 0. The van der Waals surface area contributed by atoms with Gasteiger partial charge in [-0.1, -0.05) is 6.92 Å². The van der Waals surface area contributed by atoms with Gasteiger partial charge >= 0.3 is 5.97 Å². The van der Waals surface area contributed by atoms with Crippen molar-refractivity contribution in [2.75, 3.05) is 6.54 Å². The van der Waals surface area contributed by atoms with Crippen LogP contribution in [0.4, 0.5) is 0 Å². The van der Waals surface area contributed by atoms with E-state index in [9.17, 15) is 20.1 Å². The minimum atomic E-state index is -0.950. The maximum Gasteiger partial charge on any atom is 0.307 e. The quantitative estimate of drug-likeness (QED) is 0.525. The van der Waals surface area contributed by atoms with Gasteiger partial charge in [-0.25, -0.2) is 0 Å². The van der Waals surface area contributed by atoms with E-state index < -0.39 is 11.9 Å². The lowest BCUT2D eigenvalue weighted by Gasteiger charge is -2.17. The summed E-state index contributed by atoms with van der Waals surface area (Å²) in [4.78, 5) is 10.9. The van der Waals surface area contributed by atoms with Crippen LogP contribution in [0.1, 0.15) is 18.9 Å². The molecule has 0 amide bonds. The molecule has 0 saturated carbocycles. The molecule has 106 valence electrons. The highest BCUT2D eigenvalue weighted by Gasteiger charge is 2.21. The van der Waals surface area contributed by atoms with Crippen LogP contribution in [0.15, 0.2) is 12.1 Å². The van der Waals surface area contributed by atoms with Gasteiger partial charge in [-0.2, -0.15) is 0 Å². The molecular formula is C13H19NO5. The molecule has 1 rings (SSSR count). The average molecular weight is 269 g/mol. The van der Waals surface area contributed by atoms with Crippen molar-refractivity contribution in [2.45, 2.75) is 19.8 Å². The highest BCUT2D eigenvalue weighted by atomic mass is 16.4. The van der Waals surface area contributed by atoms with E-state index in [2.05, 4.69) is 0 Å². The van der Waals surface area contributed by atoms with E-state index in [1.165, 1.54) is 0 Å². The molecule has 0 aromatic heterocycles. The Morgan fingerprint density at radius 2 is 1.79 bits per heavy atom. The number of rotatable bonds is 6. The third kappa shape index (κ3) is 4.03. The largest absolute Gasteiger partial charge is 0.508 e. The lowest BCUT2D eigenvalue weighted by atomic mass is 9.90. The van der Waals surface area contributed by atoms with Gasteiger partial charge in [0.25, 0.3) is 0 Å². The molecule has 6 heteroatoms. The van der Waals surface area contributed by atoms with Crippen LogP contribution in [0.3, 0.4) is 0 Å². The first kappa shape index (κ1) is 15.1. The minimum Gasteiger partial charge on any atom is -0.508 e. The fourth-order valence-electron chi connectivity index (χ4n) is 2.05. The van der Waals surface area contributed by atoms with E-state index in [1.54, 1.807) is 0 Å². The predicted octanol–water partition coefficient (Wildman–Crippen LogP) is 1.03. The Hall–Kier alpha value is -1.95. The van der Waals surface area contributed by atoms with Crippen molar-refractivity contribution in [3.63, 3.8) is 0 Å². The van der Waals surface area contributed by atoms with Crippen molar-refractivity contribution in [3.8, 4) is 17.2 Å². The molecule has 6 nitrogen and oxygen atoms in total. The molecule has 1 aromatic carbocycles. The van der Waals surface area contributed by atoms with Crippen LogP contribution in [0.5, 0.6) is 17.2 Å². The highest BCUT2D eigenvalue weighted by Crippen LogP contribution is 2.34. The number of hydrogen-bond donors (Lipinski definition) is 5. The van der Waals surface area contributed by atoms with Crippen LogP contribution in [0.25, 0.3) is 0 Å². The summed E-state index contributed by atoms with van der Waals surface area (Å²) in [5, 5.41) is 37.4. The van der Waals surface area contributed by atoms with Gasteiger partial charge in [0.1, 0.15) is 17.2 Å². The van der Waals surface area contributed by atoms with E-state index in [0.717, 1.165) is 12.1 Å². The predicted molar refractivity (Wildman–Crippen MR) is 69.1 cm³/mol. The second kappa shape index (κ2) is 6.29.